The lowest BCUT2D eigenvalue weighted by atomic mass is 9.96. The van der Waals surface area contributed by atoms with Crippen molar-refractivity contribution < 1.29 is 4.42 Å². The van der Waals surface area contributed by atoms with Gasteiger partial charge in [-0.1, -0.05) is 176 Å². The summed E-state index contributed by atoms with van der Waals surface area (Å²) >= 11 is 0. The summed E-state index contributed by atoms with van der Waals surface area (Å²) in [5.41, 5.74) is 7.47. The van der Waals surface area contributed by atoms with Crippen molar-refractivity contribution in [3.05, 3.63) is 218 Å². The molecule has 0 unspecified atom stereocenters. The van der Waals surface area contributed by atoms with E-state index in [1.807, 2.05) is 0 Å². The maximum atomic E-state index is 7.15. The maximum absolute atomic E-state index is 7.15. The van der Waals surface area contributed by atoms with Gasteiger partial charge in [-0.05, 0) is 102 Å². The molecule has 0 radical (unpaired) electrons. The van der Waals surface area contributed by atoms with E-state index in [1.54, 1.807) is 0 Å². The first kappa shape index (κ1) is 37.1. The van der Waals surface area contributed by atoms with Crippen LogP contribution in [-0.2, 0) is 0 Å². The Bertz CT molecular complexity index is 4640. The number of rotatable bonds is 4. The fourth-order valence-corrected chi connectivity index (χ4v) is 11.0. The normalized spacial score (nSPS) is 12.1. The predicted octanol–water partition coefficient (Wildman–Crippen LogP) is 16.8. The topological polar surface area (TPSA) is 56.7 Å². The summed E-state index contributed by atoms with van der Waals surface area (Å²) in [6.45, 7) is 0. The van der Waals surface area contributed by atoms with Gasteiger partial charge in [0, 0.05) is 43.6 Å². The highest BCUT2D eigenvalue weighted by atomic mass is 16.3. The third-order valence-corrected chi connectivity index (χ3v) is 14.1. The fraction of sp³-hybridized carbons (Fsp3) is 0. The van der Waals surface area contributed by atoms with Crippen LogP contribution in [0.2, 0.25) is 0 Å². The molecule has 0 atom stereocenters. The Hall–Kier alpha value is -9.19. The van der Waals surface area contributed by atoms with E-state index in [4.69, 9.17) is 19.4 Å². The van der Waals surface area contributed by atoms with Gasteiger partial charge >= 0.3 is 0 Å². The lowest BCUT2D eigenvalue weighted by Crippen LogP contribution is -2.02. The van der Waals surface area contributed by atoms with Gasteiger partial charge in [0.2, 0.25) is 0 Å². The average molecular weight is 865 g/mol. The van der Waals surface area contributed by atoms with Crippen LogP contribution in [0.1, 0.15) is 0 Å². The van der Waals surface area contributed by atoms with E-state index < -0.39 is 0 Å². The first-order valence-electron chi connectivity index (χ1n) is 23.1. The van der Waals surface area contributed by atoms with E-state index in [0.717, 1.165) is 98.4 Å². The molecule has 5 heteroatoms. The van der Waals surface area contributed by atoms with Gasteiger partial charge in [-0.2, -0.15) is 0 Å². The van der Waals surface area contributed by atoms with Crippen LogP contribution in [0.25, 0.3) is 148 Å². The van der Waals surface area contributed by atoms with Crippen LogP contribution in [0.3, 0.4) is 0 Å². The van der Waals surface area contributed by atoms with Crippen LogP contribution < -0.4 is 0 Å². The van der Waals surface area contributed by atoms with E-state index in [-0.39, 0.29) is 0 Å². The summed E-state index contributed by atoms with van der Waals surface area (Å²) in [7, 11) is 0. The SMILES string of the molecule is c1ccc2cc(-c3nc(-c4cc(-n5c6cc7ccccc7cc6c6ccc7ccccc7c65)c5oc6ccc7ccccc7c6c5c4)nc(-c4cc5ccccc5c5ccccc45)n3)ccc2c1. The summed E-state index contributed by atoms with van der Waals surface area (Å²) in [5.74, 6) is 1.79. The molecule has 0 aliphatic carbocycles. The largest absolute Gasteiger partial charge is 0.454 e. The molecule has 12 aromatic carbocycles. The van der Waals surface area contributed by atoms with Gasteiger partial charge in [0.25, 0.3) is 0 Å². The molecule has 0 N–H and O–H groups in total. The van der Waals surface area contributed by atoms with Gasteiger partial charge in [0.1, 0.15) is 5.58 Å². The van der Waals surface area contributed by atoms with E-state index >= 15 is 0 Å². The molecule has 3 aromatic heterocycles. The molecular weight excluding hydrogens is 829 g/mol. The van der Waals surface area contributed by atoms with Crippen molar-refractivity contribution in [2.75, 3.05) is 0 Å². The smallest absolute Gasteiger partial charge is 0.164 e. The molecule has 5 nitrogen and oxygen atoms in total. The summed E-state index contributed by atoms with van der Waals surface area (Å²) in [6.07, 6.45) is 0. The van der Waals surface area contributed by atoms with Crippen molar-refractivity contribution >= 4 is 108 Å². The van der Waals surface area contributed by atoms with Gasteiger partial charge in [-0.15, -0.1) is 0 Å². The maximum Gasteiger partial charge on any atom is 0.164 e. The van der Waals surface area contributed by atoms with Crippen molar-refractivity contribution in [3.63, 3.8) is 0 Å². The zero-order chi connectivity index (χ0) is 44.5. The molecule has 15 rings (SSSR count). The number of benzene rings is 12. The predicted molar refractivity (Wildman–Crippen MR) is 283 cm³/mol. The summed E-state index contributed by atoms with van der Waals surface area (Å²) in [6, 6.07) is 78.1. The van der Waals surface area contributed by atoms with E-state index in [0.29, 0.717) is 17.5 Å². The van der Waals surface area contributed by atoms with Gasteiger partial charge in [-0.25, -0.2) is 15.0 Å². The van der Waals surface area contributed by atoms with Gasteiger partial charge in [0.15, 0.2) is 23.1 Å². The van der Waals surface area contributed by atoms with Crippen LogP contribution in [0.5, 0.6) is 0 Å². The van der Waals surface area contributed by atoms with Crippen molar-refractivity contribution in [2.45, 2.75) is 0 Å². The molecule has 68 heavy (non-hydrogen) atoms. The molecule has 0 spiro atoms. The molecule has 0 amide bonds. The van der Waals surface area contributed by atoms with E-state index in [2.05, 4.69) is 223 Å². The van der Waals surface area contributed by atoms with Crippen molar-refractivity contribution in [2.24, 2.45) is 0 Å². The second-order valence-corrected chi connectivity index (χ2v) is 17.9. The average Bonchev–Trinajstić information content (AvgIpc) is 3.95. The molecule has 15 aromatic rings. The Balaban J connectivity index is 1.10. The minimum absolute atomic E-state index is 0.573. The zero-order valence-electron chi connectivity index (χ0n) is 36.5. The van der Waals surface area contributed by atoms with Crippen LogP contribution in [0, 0.1) is 0 Å². The minimum atomic E-state index is 0.573. The standard InChI is InChI=1S/C63H36N4O/c1-2-16-40-31-44(26-25-37(40)13-1)61-64-62(66-63(65-61)53-33-43-19-7-8-20-46(43)49-23-11-12-24-50(49)53)45-34-54-58-47-21-9-5-14-38(47)28-30-57(58)68-60(54)56(36-45)67-55-35-42-18-4-3-17-41(42)32-52(55)51-29-27-39-15-6-10-22-48(39)59(51)67/h1-36H. The molecule has 0 saturated carbocycles. The van der Waals surface area contributed by atoms with Crippen LogP contribution in [0.4, 0.5) is 0 Å². The Morgan fingerprint density at radius 3 is 1.69 bits per heavy atom. The molecule has 0 fully saturated rings. The lowest BCUT2D eigenvalue weighted by molar-refractivity contribution is 0.666. The van der Waals surface area contributed by atoms with E-state index in [1.165, 1.54) is 32.3 Å². The molecule has 0 aliphatic heterocycles. The highest BCUT2D eigenvalue weighted by Crippen LogP contribution is 2.45. The number of hydrogen-bond acceptors (Lipinski definition) is 4. The Morgan fingerprint density at radius 2 is 0.897 bits per heavy atom. The highest BCUT2D eigenvalue weighted by molar-refractivity contribution is 6.24. The zero-order valence-corrected chi connectivity index (χ0v) is 36.5. The van der Waals surface area contributed by atoms with E-state index in [9.17, 15) is 0 Å². The Labute approximate surface area is 388 Å². The lowest BCUT2D eigenvalue weighted by Gasteiger charge is -2.15. The minimum Gasteiger partial charge on any atom is -0.454 e. The van der Waals surface area contributed by atoms with Crippen LogP contribution in [0.15, 0.2) is 223 Å². The van der Waals surface area contributed by atoms with Crippen molar-refractivity contribution in [3.8, 4) is 39.9 Å². The van der Waals surface area contributed by atoms with Crippen molar-refractivity contribution in [1.29, 1.82) is 0 Å². The molecule has 314 valence electrons. The number of aromatic nitrogens is 4. The number of hydrogen-bond donors (Lipinski definition) is 0. The van der Waals surface area contributed by atoms with Crippen LogP contribution in [-0.4, -0.2) is 19.5 Å². The quantitative estimate of drug-likeness (QED) is 0.165. The molecule has 3 heterocycles. The first-order valence-corrected chi connectivity index (χ1v) is 23.1. The fourth-order valence-electron chi connectivity index (χ4n) is 11.0. The summed E-state index contributed by atoms with van der Waals surface area (Å²) < 4.78 is 9.58. The second kappa shape index (κ2) is 14.2. The third kappa shape index (κ3) is 5.47. The van der Waals surface area contributed by atoms with Crippen LogP contribution >= 0.6 is 0 Å². The van der Waals surface area contributed by atoms with Crippen molar-refractivity contribution in [1.82, 2.24) is 19.5 Å². The monoisotopic (exact) mass is 864 g/mol. The molecular formula is C63H36N4O. The highest BCUT2D eigenvalue weighted by Gasteiger charge is 2.24. The first-order chi connectivity index (χ1) is 33.7. The molecule has 0 aliphatic rings. The second-order valence-electron chi connectivity index (χ2n) is 17.9. The molecule has 0 bridgehead atoms. The van der Waals surface area contributed by atoms with Gasteiger partial charge in [-0.3, -0.25) is 0 Å². The summed E-state index contributed by atoms with van der Waals surface area (Å²) in [5, 5.41) is 18.2. The summed E-state index contributed by atoms with van der Waals surface area (Å²) in [4.78, 5) is 16.4. The number of fused-ring (bicyclic) bond motifs is 15. The van der Waals surface area contributed by atoms with Gasteiger partial charge < -0.3 is 8.98 Å². The number of nitrogens with zero attached hydrogens (tertiary/aromatic N) is 4. The van der Waals surface area contributed by atoms with Gasteiger partial charge in [0.05, 0.1) is 16.7 Å². The Morgan fingerprint density at radius 1 is 0.324 bits per heavy atom. The number of furan rings is 1. The Kier molecular flexibility index (Phi) is 7.72. The third-order valence-electron chi connectivity index (χ3n) is 14.1. The molecule has 0 saturated heterocycles.